The van der Waals surface area contributed by atoms with Gasteiger partial charge in [-0.05, 0) is 36.6 Å². The highest BCUT2D eigenvalue weighted by molar-refractivity contribution is 7.09. The zero-order valence-corrected chi connectivity index (χ0v) is 12.4. The molecule has 0 bridgehead atoms. The fourth-order valence-corrected chi connectivity index (χ4v) is 2.81. The highest BCUT2D eigenvalue weighted by Crippen LogP contribution is 2.30. The standard InChI is InChI=1S/C15H13F4NOS.CH4/c1-9(5-13-3-2-4-22-13)20-14(21)10-6-11(15(17,18)19)8-12(16)7-10;/h2-4,6-9H,5H2,1H3,(H,20,21);1H4. The minimum absolute atomic E-state index is 0. The van der Waals surface area contributed by atoms with E-state index in [1.54, 1.807) is 6.92 Å². The first-order valence-electron chi connectivity index (χ1n) is 6.47. The van der Waals surface area contributed by atoms with Crippen molar-refractivity contribution in [3.63, 3.8) is 0 Å². The van der Waals surface area contributed by atoms with Crippen molar-refractivity contribution in [3.05, 3.63) is 57.5 Å². The molecule has 0 aliphatic rings. The van der Waals surface area contributed by atoms with Gasteiger partial charge in [-0.15, -0.1) is 11.3 Å². The monoisotopic (exact) mass is 347 g/mol. The normalized spacial score (nSPS) is 12.4. The van der Waals surface area contributed by atoms with E-state index in [1.807, 2.05) is 17.5 Å². The van der Waals surface area contributed by atoms with Crippen LogP contribution in [0.5, 0.6) is 0 Å². The molecule has 23 heavy (non-hydrogen) atoms. The summed E-state index contributed by atoms with van der Waals surface area (Å²) in [7, 11) is 0. The van der Waals surface area contributed by atoms with Gasteiger partial charge in [0.15, 0.2) is 0 Å². The van der Waals surface area contributed by atoms with Crippen LogP contribution in [-0.2, 0) is 12.6 Å². The maximum atomic E-state index is 13.3. The van der Waals surface area contributed by atoms with Crippen LogP contribution in [0.3, 0.4) is 0 Å². The molecule has 0 spiro atoms. The van der Waals surface area contributed by atoms with Crippen LogP contribution in [0.4, 0.5) is 17.6 Å². The van der Waals surface area contributed by atoms with Gasteiger partial charge in [-0.25, -0.2) is 4.39 Å². The number of carbonyl (C=O) groups excluding carboxylic acids is 1. The SMILES string of the molecule is C.CC(Cc1cccs1)NC(=O)c1cc(F)cc(C(F)(F)F)c1. The molecule has 0 radical (unpaired) electrons. The second-order valence-electron chi connectivity index (χ2n) is 4.88. The summed E-state index contributed by atoms with van der Waals surface area (Å²) < 4.78 is 51.2. The van der Waals surface area contributed by atoms with Gasteiger partial charge < -0.3 is 5.32 Å². The number of alkyl halides is 3. The lowest BCUT2D eigenvalue weighted by molar-refractivity contribution is -0.137. The van der Waals surface area contributed by atoms with E-state index in [1.165, 1.54) is 11.3 Å². The summed E-state index contributed by atoms with van der Waals surface area (Å²) >= 11 is 1.52. The highest BCUT2D eigenvalue weighted by Gasteiger charge is 2.32. The van der Waals surface area contributed by atoms with E-state index in [2.05, 4.69) is 5.32 Å². The smallest absolute Gasteiger partial charge is 0.349 e. The lowest BCUT2D eigenvalue weighted by Gasteiger charge is -2.14. The molecule has 1 amide bonds. The molecular weight excluding hydrogens is 330 g/mol. The number of amides is 1. The van der Waals surface area contributed by atoms with Gasteiger partial charge in [0, 0.05) is 22.9 Å². The van der Waals surface area contributed by atoms with Crippen LogP contribution in [0.2, 0.25) is 0 Å². The molecule has 0 aliphatic heterocycles. The maximum absolute atomic E-state index is 13.3. The Morgan fingerprint density at radius 2 is 2.00 bits per heavy atom. The fourth-order valence-electron chi connectivity index (χ4n) is 1.97. The lowest BCUT2D eigenvalue weighted by Crippen LogP contribution is -2.34. The number of nitrogens with one attached hydrogen (secondary N) is 1. The molecule has 7 heteroatoms. The predicted molar refractivity (Wildman–Crippen MR) is 83.1 cm³/mol. The Hall–Kier alpha value is -1.89. The topological polar surface area (TPSA) is 29.1 Å². The number of benzene rings is 1. The van der Waals surface area contributed by atoms with Gasteiger partial charge in [0.25, 0.3) is 5.91 Å². The van der Waals surface area contributed by atoms with Crippen LogP contribution < -0.4 is 5.32 Å². The van der Waals surface area contributed by atoms with Crippen LogP contribution in [0, 0.1) is 5.82 Å². The molecule has 0 fully saturated rings. The number of halogens is 4. The number of hydrogen-bond acceptors (Lipinski definition) is 2. The Morgan fingerprint density at radius 3 is 2.57 bits per heavy atom. The van der Waals surface area contributed by atoms with E-state index in [-0.39, 0.29) is 19.0 Å². The van der Waals surface area contributed by atoms with Gasteiger partial charge >= 0.3 is 6.18 Å². The van der Waals surface area contributed by atoms with Crippen molar-refractivity contribution < 1.29 is 22.4 Å². The summed E-state index contributed by atoms with van der Waals surface area (Å²) in [5, 5.41) is 4.47. The lowest BCUT2D eigenvalue weighted by atomic mass is 10.1. The average Bonchev–Trinajstić information content (AvgIpc) is 2.89. The third-order valence-electron chi connectivity index (χ3n) is 2.95. The van der Waals surface area contributed by atoms with E-state index < -0.39 is 23.5 Å². The van der Waals surface area contributed by atoms with Gasteiger partial charge in [0.2, 0.25) is 0 Å². The fraction of sp³-hybridized carbons (Fsp3) is 0.312. The van der Waals surface area contributed by atoms with Crippen molar-refractivity contribution in [2.24, 2.45) is 0 Å². The highest BCUT2D eigenvalue weighted by atomic mass is 32.1. The molecule has 0 saturated carbocycles. The maximum Gasteiger partial charge on any atom is 0.416 e. The van der Waals surface area contributed by atoms with E-state index in [9.17, 15) is 22.4 Å². The van der Waals surface area contributed by atoms with Crippen molar-refractivity contribution >= 4 is 17.2 Å². The van der Waals surface area contributed by atoms with E-state index in [4.69, 9.17) is 0 Å². The van der Waals surface area contributed by atoms with Crippen molar-refractivity contribution in [2.75, 3.05) is 0 Å². The second-order valence-corrected chi connectivity index (χ2v) is 5.92. The van der Waals surface area contributed by atoms with Crippen LogP contribution in [-0.4, -0.2) is 11.9 Å². The van der Waals surface area contributed by atoms with Crippen molar-refractivity contribution in [1.29, 1.82) is 0 Å². The quantitative estimate of drug-likeness (QED) is 0.783. The molecule has 1 N–H and O–H groups in total. The molecule has 1 heterocycles. The van der Waals surface area contributed by atoms with Crippen molar-refractivity contribution in [2.45, 2.75) is 33.0 Å². The van der Waals surface area contributed by atoms with E-state index in [0.717, 1.165) is 10.9 Å². The second kappa shape index (κ2) is 7.59. The molecule has 2 aromatic rings. The molecule has 1 aromatic carbocycles. The van der Waals surface area contributed by atoms with Crippen LogP contribution >= 0.6 is 11.3 Å². The Labute approximate surface area is 136 Å². The summed E-state index contributed by atoms with van der Waals surface area (Å²) in [4.78, 5) is 13.0. The first kappa shape index (κ1) is 19.2. The Kier molecular flexibility index (Phi) is 6.32. The molecule has 1 atom stereocenters. The van der Waals surface area contributed by atoms with Gasteiger partial charge in [-0.2, -0.15) is 13.2 Å². The Bertz CT molecular complexity index is 653. The largest absolute Gasteiger partial charge is 0.416 e. The third kappa shape index (κ3) is 5.35. The molecule has 126 valence electrons. The van der Waals surface area contributed by atoms with Gasteiger partial charge in [-0.3, -0.25) is 4.79 Å². The molecule has 2 nitrogen and oxygen atoms in total. The molecular formula is C16H17F4NOS. The molecule has 1 aromatic heterocycles. The summed E-state index contributed by atoms with van der Waals surface area (Å²) in [6.07, 6.45) is -4.13. The zero-order chi connectivity index (χ0) is 16.3. The Morgan fingerprint density at radius 1 is 1.30 bits per heavy atom. The van der Waals surface area contributed by atoms with E-state index >= 15 is 0 Å². The molecule has 0 aliphatic carbocycles. The van der Waals surface area contributed by atoms with Crippen LogP contribution in [0.1, 0.15) is 35.1 Å². The number of carbonyl (C=O) groups is 1. The summed E-state index contributed by atoms with van der Waals surface area (Å²) in [5.41, 5.74) is -1.52. The van der Waals surface area contributed by atoms with Crippen LogP contribution in [0.15, 0.2) is 35.7 Å². The van der Waals surface area contributed by atoms with Gasteiger partial charge in [0.1, 0.15) is 5.82 Å². The Balaban J connectivity index is 0.00000264. The summed E-state index contributed by atoms with van der Waals surface area (Å²) in [6.45, 7) is 1.74. The number of rotatable bonds is 4. The molecule has 2 rings (SSSR count). The zero-order valence-electron chi connectivity index (χ0n) is 11.6. The van der Waals surface area contributed by atoms with Crippen molar-refractivity contribution in [3.8, 4) is 0 Å². The van der Waals surface area contributed by atoms with Crippen molar-refractivity contribution in [1.82, 2.24) is 5.32 Å². The average molecular weight is 347 g/mol. The summed E-state index contributed by atoms with van der Waals surface area (Å²) in [6, 6.07) is 5.31. The molecule has 0 saturated heterocycles. The van der Waals surface area contributed by atoms with Gasteiger partial charge in [-0.1, -0.05) is 13.5 Å². The third-order valence-corrected chi connectivity index (χ3v) is 3.85. The molecule has 1 unspecified atom stereocenters. The van der Waals surface area contributed by atoms with E-state index in [0.29, 0.717) is 18.6 Å². The van der Waals surface area contributed by atoms with Gasteiger partial charge in [0.05, 0.1) is 5.56 Å². The number of thiophene rings is 1. The summed E-state index contributed by atoms with van der Waals surface area (Å²) in [5.74, 6) is -1.82. The first-order valence-corrected chi connectivity index (χ1v) is 7.34. The predicted octanol–water partition coefficient (Wildman–Crippen LogP) is 4.90. The minimum Gasteiger partial charge on any atom is -0.349 e. The first-order chi connectivity index (χ1) is 10.3. The number of hydrogen-bond donors (Lipinski definition) is 1. The minimum atomic E-state index is -4.69. The van der Waals surface area contributed by atoms with Crippen LogP contribution in [0.25, 0.3) is 0 Å².